The van der Waals surface area contributed by atoms with Gasteiger partial charge in [0.15, 0.2) is 6.10 Å². The number of phosphoric ester groups is 1. The van der Waals surface area contributed by atoms with Crippen molar-refractivity contribution < 1.29 is 37.9 Å². The van der Waals surface area contributed by atoms with Crippen LogP contribution in [0.5, 0.6) is 0 Å². The van der Waals surface area contributed by atoms with Crippen LogP contribution < -0.4 is 0 Å². The van der Waals surface area contributed by atoms with Crippen LogP contribution in [0.15, 0.2) is 36.5 Å². The Morgan fingerprint density at radius 2 is 0.957 bits per heavy atom. The molecule has 0 heterocycles. The average molecular weight is 685 g/mol. The molecule has 0 fully saturated rings. The number of ether oxygens (including phenoxy) is 2. The quantitative estimate of drug-likeness (QED) is 0.0297. The first-order valence-electron chi connectivity index (χ1n) is 18.8. The molecule has 1 atom stereocenters. The molecule has 0 radical (unpaired) electrons. The minimum absolute atomic E-state index is 0.194. The summed E-state index contributed by atoms with van der Waals surface area (Å²) in [4.78, 5) is 42.7. The minimum atomic E-state index is -4.75. The molecule has 274 valence electrons. The first-order chi connectivity index (χ1) is 22.8. The second kappa shape index (κ2) is 34.1. The van der Waals surface area contributed by atoms with Crippen molar-refractivity contribution in [3.8, 4) is 0 Å². The summed E-state index contributed by atoms with van der Waals surface area (Å²) in [6, 6.07) is 0. The molecule has 0 unspecified atom stereocenters. The fourth-order valence-electron chi connectivity index (χ4n) is 5.04. The zero-order valence-corrected chi connectivity index (χ0v) is 30.8. The Morgan fingerprint density at radius 3 is 1.47 bits per heavy atom. The Labute approximate surface area is 287 Å². The molecule has 0 amide bonds. The highest BCUT2D eigenvalue weighted by atomic mass is 31.2. The van der Waals surface area contributed by atoms with Gasteiger partial charge in [0.05, 0.1) is 6.61 Å². The third kappa shape index (κ3) is 36.9. The second-order valence-corrected chi connectivity index (χ2v) is 13.8. The summed E-state index contributed by atoms with van der Waals surface area (Å²) in [6.45, 7) is 3.62. The zero-order chi connectivity index (χ0) is 34.7. The van der Waals surface area contributed by atoms with Gasteiger partial charge in [0.25, 0.3) is 0 Å². The monoisotopic (exact) mass is 684 g/mol. The SMILES string of the molecule is CCCCC/C=C\C/C=C\CCCCCCCC(=O)O[C@H](COC(=O)CCCCCCC/C=C\CCCCCCC)COP(=O)(O)O. The molecule has 9 heteroatoms. The molecular weight excluding hydrogens is 615 g/mol. The summed E-state index contributed by atoms with van der Waals surface area (Å²) in [7, 11) is -4.75. The van der Waals surface area contributed by atoms with E-state index in [9.17, 15) is 14.2 Å². The molecule has 0 saturated heterocycles. The predicted molar refractivity (Wildman–Crippen MR) is 193 cm³/mol. The first-order valence-corrected chi connectivity index (χ1v) is 20.3. The molecule has 0 aromatic rings. The maximum atomic E-state index is 12.3. The lowest BCUT2D eigenvalue weighted by Crippen LogP contribution is -2.29. The fourth-order valence-corrected chi connectivity index (χ4v) is 5.40. The Hall–Kier alpha value is -1.73. The van der Waals surface area contributed by atoms with Crippen LogP contribution >= 0.6 is 7.82 Å². The lowest BCUT2D eigenvalue weighted by atomic mass is 10.1. The van der Waals surface area contributed by atoms with Gasteiger partial charge in [-0.05, 0) is 70.6 Å². The van der Waals surface area contributed by atoms with E-state index >= 15 is 0 Å². The van der Waals surface area contributed by atoms with E-state index in [4.69, 9.17) is 19.3 Å². The second-order valence-electron chi connectivity index (χ2n) is 12.5. The van der Waals surface area contributed by atoms with Gasteiger partial charge in [-0.25, -0.2) is 4.57 Å². The first kappa shape index (κ1) is 45.3. The number of hydrogen-bond acceptors (Lipinski definition) is 6. The number of carbonyl (C=O) groups excluding carboxylic acids is 2. The van der Waals surface area contributed by atoms with Crippen LogP contribution in [-0.4, -0.2) is 41.0 Å². The normalized spacial score (nSPS) is 12.9. The third-order valence-corrected chi connectivity index (χ3v) is 8.37. The molecule has 0 aliphatic heterocycles. The fraction of sp³-hybridized carbons (Fsp3) is 0.789. The van der Waals surface area contributed by atoms with E-state index in [1.54, 1.807) is 0 Å². The van der Waals surface area contributed by atoms with Gasteiger partial charge in [-0.3, -0.25) is 14.1 Å². The highest BCUT2D eigenvalue weighted by Crippen LogP contribution is 2.36. The van der Waals surface area contributed by atoms with Crippen LogP contribution in [0.25, 0.3) is 0 Å². The minimum Gasteiger partial charge on any atom is -0.462 e. The maximum Gasteiger partial charge on any atom is 0.469 e. The summed E-state index contributed by atoms with van der Waals surface area (Å²) >= 11 is 0. The molecule has 0 aliphatic rings. The number of hydrogen-bond donors (Lipinski definition) is 2. The van der Waals surface area contributed by atoms with Crippen LogP contribution in [-0.2, 0) is 28.2 Å². The molecule has 0 aromatic carbocycles. The summed E-state index contributed by atoms with van der Waals surface area (Å²) in [5.41, 5.74) is 0. The van der Waals surface area contributed by atoms with E-state index in [1.165, 1.54) is 64.2 Å². The van der Waals surface area contributed by atoms with Crippen molar-refractivity contribution in [3.63, 3.8) is 0 Å². The van der Waals surface area contributed by atoms with Gasteiger partial charge in [0.1, 0.15) is 6.61 Å². The van der Waals surface area contributed by atoms with Gasteiger partial charge < -0.3 is 19.3 Å². The van der Waals surface area contributed by atoms with Crippen molar-refractivity contribution in [1.82, 2.24) is 0 Å². The lowest BCUT2D eigenvalue weighted by Gasteiger charge is -2.18. The third-order valence-electron chi connectivity index (χ3n) is 7.88. The van der Waals surface area contributed by atoms with Gasteiger partial charge in [-0.1, -0.05) is 127 Å². The summed E-state index contributed by atoms with van der Waals surface area (Å²) in [5.74, 6) is -0.911. The zero-order valence-electron chi connectivity index (χ0n) is 29.9. The van der Waals surface area contributed by atoms with Crippen LogP contribution in [0.2, 0.25) is 0 Å². The van der Waals surface area contributed by atoms with Crippen LogP contribution in [0.1, 0.15) is 174 Å². The number of allylic oxidation sites excluding steroid dienone is 6. The lowest BCUT2D eigenvalue weighted by molar-refractivity contribution is -0.161. The number of phosphoric acid groups is 1. The molecule has 0 saturated carbocycles. The molecule has 47 heavy (non-hydrogen) atoms. The number of rotatable bonds is 34. The smallest absolute Gasteiger partial charge is 0.462 e. The van der Waals surface area contributed by atoms with Gasteiger partial charge in [-0.2, -0.15) is 0 Å². The molecule has 0 aromatic heterocycles. The Bertz CT molecular complexity index is 864. The Balaban J connectivity index is 4.01. The highest BCUT2D eigenvalue weighted by Gasteiger charge is 2.22. The van der Waals surface area contributed by atoms with E-state index in [2.05, 4.69) is 54.8 Å². The van der Waals surface area contributed by atoms with E-state index < -0.39 is 32.5 Å². The van der Waals surface area contributed by atoms with Crippen LogP contribution in [0.3, 0.4) is 0 Å². The molecule has 0 rings (SSSR count). The summed E-state index contributed by atoms with van der Waals surface area (Å²) in [6.07, 6.45) is 38.6. The highest BCUT2D eigenvalue weighted by molar-refractivity contribution is 7.46. The van der Waals surface area contributed by atoms with Gasteiger partial charge in [-0.15, -0.1) is 0 Å². The van der Waals surface area contributed by atoms with Crippen molar-refractivity contribution in [2.45, 2.75) is 180 Å². The molecule has 0 aliphatic carbocycles. The van der Waals surface area contributed by atoms with E-state index in [1.807, 2.05) is 0 Å². The number of unbranched alkanes of at least 4 members (excludes halogenated alkanes) is 18. The molecular formula is C38H69O8P. The molecule has 0 spiro atoms. The molecule has 2 N–H and O–H groups in total. The number of carbonyl (C=O) groups is 2. The van der Waals surface area contributed by atoms with Gasteiger partial charge in [0.2, 0.25) is 0 Å². The topological polar surface area (TPSA) is 119 Å². The Morgan fingerprint density at radius 1 is 0.553 bits per heavy atom. The van der Waals surface area contributed by atoms with Crippen LogP contribution in [0.4, 0.5) is 0 Å². The van der Waals surface area contributed by atoms with Gasteiger partial charge >= 0.3 is 19.8 Å². The van der Waals surface area contributed by atoms with Crippen molar-refractivity contribution in [1.29, 1.82) is 0 Å². The van der Waals surface area contributed by atoms with E-state index in [0.717, 1.165) is 70.6 Å². The molecule has 0 bridgehead atoms. The van der Waals surface area contributed by atoms with Crippen molar-refractivity contribution in [2.24, 2.45) is 0 Å². The number of esters is 2. The Kier molecular flexibility index (Phi) is 32.9. The molecule has 8 nitrogen and oxygen atoms in total. The van der Waals surface area contributed by atoms with Crippen LogP contribution in [0, 0.1) is 0 Å². The van der Waals surface area contributed by atoms with Crippen molar-refractivity contribution in [3.05, 3.63) is 36.5 Å². The summed E-state index contributed by atoms with van der Waals surface area (Å²) < 4.78 is 26.3. The summed E-state index contributed by atoms with van der Waals surface area (Å²) in [5, 5.41) is 0. The predicted octanol–water partition coefficient (Wildman–Crippen LogP) is 11.0. The van der Waals surface area contributed by atoms with E-state index in [-0.39, 0.29) is 19.4 Å². The van der Waals surface area contributed by atoms with Crippen molar-refractivity contribution >= 4 is 19.8 Å². The average Bonchev–Trinajstić information content (AvgIpc) is 3.03. The maximum absolute atomic E-state index is 12.3. The largest absolute Gasteiger partial charge is 0.469 e. The standard InChI is InChI=1S/C38H69O8P/c1-3-5-7-9-11-13-15-17-19-21-23-25-27-29-31-33-38(40)46-36(35-45-47(41,42)43)34-44-37(39)32-30-28-26-24-22-20-18-16-14-12-10-8-6-4-2/h11,13,16-19,36H,3-10,12,14-15,20-35H2,1-2H3,(H2,41,42,43)/b13-11-,18-16-,19-17-/t36-/m1/s1. The van der Waals surface area contributed by atoms with Crippen molar-refractivity contribution in [2.75, 3.05) is 13.2 Å². The van der Waals surface area contributed by atoms with Gasteiger partial charge in [0, 0.05) is 12.8 Å². The van der Waals surface area contributed by atoms with E-state index in [0.29, 0.717) is 12.8 Å².